The zero-order chi connectivity index (χ0) is 11.4. The first kappa shape index (κ1) is 11.7. The summed E-state index contributed by atoms with van der Waals surface area (Å²) in [5, 5.41) is 4.48. The van der Waals surface area contributed by atoms with Gasteiger partial charge in [0.15, 0.2) is 0 Å². The van der Waals surface area contributed by atoms with E-state index in [-0.39, 0.29) is 6.04 Å². The van der Waals surface area contributed by atoms with E-state index in [0.29, 0.717) is 0 Å². The second kappa shape index (κ2) is 5.52. The monoisotopic (exact) mass is 297 g/mol. The number of nitrogens with one attached hydrogen (secondary N) is 1. The highest BCUT2D eigenvalue weighted by molar-refractivity contribution is 9.11. The van der Waals surface area contributed by atoms with Gasteiger partial charge in [0.05, 0.1) is 21.7 Å². The fourth-order valence-electron chi connectivity index (χ4n) is 1.31. The van der Waals surface area contributed by atoms with Gasteiger partial charge < -0.3 is 5.32 Å². The molecule has 0 saturated heterocycles. The van der Waals surface area contributed by atoms with E-state index in [4.69, 9.17) is 0 Å². The van der Waals surface area contributed by atoms with E-state index in [2.05, 4.69) is 38.1 Å². The SMILES string of the molecule is CC(NCc1ccccn1)c1ncc(Br)s1. The van der Waals surface area contributed by atoms with E-state index in [1.807, 2.05) is 30.6 Å². The molecule has 1 N–H and O–H groups in total. The third-order valence-corrected chi connectivity index (χ3v) is 3.84. The maximum Gasteiger partial charge on any atom is 0.110 e. The first-order valence-electron chi connectivity index (χ1n) is 5.00. The first-order valence-corrected chi connectivity index (χ1v) is 6.61. The van der Waals surface area contributed by atoms with Crippen LogP contribution in [0.15, 0.2) is 34.4 Å². The van der Waals surface area contributed by atoms with Gasteiger partial charge in [-0.05, 0) is 35.0 Å². The summed E-state index contributed by atoms with van der Waals surface area (Å²) in [5.41, 5.74) is 1.05. The molecule has 0 spiro atoms. The summed E-state index contributed by atoms with van der Waals surface area (Å²) >= 11 is 5.07. The Balaban J connectivity index is 1.91. The number of pyridine rings is 1. The van der Waals surface area contributed by atoms with Crippen molar-refractivity contribution in [1.29, 1.82) is 0 Å². The number of hydrogen-bond acceptors (Lipinski definition) is 4. The molecule has 2 rings (SSSR count). The van der Waals surface area contributed by atoms with E-state index in [1.54, 1.807) is 11.3 Å². The van der Waals surface area contributed by atoms with Crippen LogP contribution in [0.1, 0.15) is 23.7 Å². The Labute approximate surface area is 107 Å². The van der Waals surface area contributed by atoms with Gasteiger partial charge in [-0.1, -0.05) is 6.07 Å². The largest absolute Gasteiger partial charge is 0.302 e. The highest BCUT2D eigenvalue weighted by Crippen LogP contribution is 2.24. The van der Waals surface area contributed by atoms with Gasteiger partial charge in [-0.15, -0.1) is 11.3 Å². The van der Waals surface area contributed by atoms with E-state index < -0.39 is 0 Å². The number of thiazole rings is 1. The molecule has 1 atom stereocenters. The molecule has 0 aliphatic heterocycles. The van der Waals surface area contributed by atoms with Crippen molar-refractivity contribution in [3.8, 4) is 0 Å². The summed E-state index contributed by atoms with van der Waals surface area (Å²) in [5.74, 6) is 0. The van der Waals surface area contributed by atoms with Gasteiger partial charge >= 0.3 is 0 Å². The van der Waals surface area contributed by atoms with E-state index in [0.717, 1.165) is 21.0 Å². The fraction of sp³-hybridized carbons (Fsp3) is 0.273. The van der Waals surface area contributed by atoms with Crippen molar-refractivity contribution in [3.05, 3.63) is 45.1 Å². The number of hydrogen-bond donors (Lipinski definition) is 1. The molecule has 2 heterocycles. The van der Waals surface area contributed by atoms with E-state index >= 15 is 0 Å². The Kier molecular flexibility index (Phi) is 4.04. The summed E-state index contributed by atoms with van der Waals surface area (Å²) in [4.78, 5) is 8.58. The van der Waals surface area contributed by atoms with E-state index in [9.17, 15) is 0 Å². The predicted molar refractivity (Wildman–Crippen MR) is 69.3 cm³/mol. The lowest BCUT2D eigenvalue weighted by Crippen LogP contribution is -2.18. The van der Waals surface area contributed by atoms with Crippen molar-refractivity contribution in [2.75, 3.05) is 0 Å². The average molecular weight is 298 g/mol. The molecule has 5 heteroatoms. The van der Waals surface area contributed by atoms with Gasteiger partial charge in [-0.25, -0.2) is 4.98 Å². The predicted octanol–water partition coefficient (Wildman–Crippen LogP) is 3.15. The summed E-state index contributed by atoms with van der Waals surface area (Å²) in [6.45, 7) is 2.87. The zero-order valence-electron chi connectivity index (χ0n) is 8.85. The third-order valence-electron chi connectivity index (χ3n) is 2.18. The van der Waals surface area contributed by atoms with Crippen LogP contribution in [0.4, 0.5) is 0 Å². The normalized spacial score (nSPS) is 12.6. The fourth-order valence-corrected chi connectivity index (χ4v) is 2.59. The van der Waals surface area contributed by atoms with Crippen LogP contribution in [0.25, 0.3) is 0 Å². The van der Waals surface area contributed by atoms with Crippen molar-refractivity contribution in [2.24, 2.45) is 0 Å². The molecule has 0 fully saturated rings. The summed E-state index contributed by atoms with van der Waals surface area (Å²) in [6, 6.07) is 6.18. The topological polar surface area (TPSA) is 37.8 Å². The van der Waals surface area contributed by atoms with Crippen LogP contribution in [0.2, 0.25) is 0 Å². The number of rotatable bonds is 4. The Bertz CT molecular complexity index is 444. The molecular formula is C11H12BrN3S. The van der Waals surface area contributed by atoms with Crippen LogP contribution < -0.4 is 5.32 Å². The van der Waals surface area contributed by atoms with Crippen LogP contribution in [0.5, 0.6) is 0 Å². The lowest BCUT2D eigenvalue weighted by Gasteiger charge is -2.10. The summed E-state index contributed by atoms with van der Waals surface area (Å²) in [6.07, 6.45) is 3.64. The molecule has 3 nitrogen and oxygen atoms in total. The number of aromatic nitrogens is 2. The van der Waals surface area contributed by atoms with Crippen LogP contribution in [-0.4, -0.2) is 9.97 Å². The number of nitrogens with zero attached hydrogens (tertiary/aromatic N) is 2. The van der Waals surface area contributed by atoms with Crippen LogP contribution in [0, 0.1) is 0 Å². The molecule has 0 aromatic carbocycles. The van der Waals surface area contributed by atoms with Crippen LogP contribution in [-0.2, 0) is 6.54 Å². The van der Waals surface area contributed by atoms with Gasteiger partial charge in [0.1, 0.15) is 5.01 Å². The van der Waals surface area contributed by atoms with Crippen LogP contribution >= 0.6 is 27.3 Å². The zero-order valence-corrected chi connectivity index (χ0v) is 11.3. The van der Waals surface area contributed by atoms with Crippen molar-refractivity contribution in [2.45, 2.75) is 19.5 Å². The highest BCUT2D eigenvalue weighted by Gasteiger charge is 2.09. The number of halogens is 1. The smallest absolute Gasteiger partial charge is 0.110 e. The maximum atomic E-state index is 4.32. The minimum Gasteiger partial charge on any atom is -0.302 e. The van der Waals surface area contributed by atoms with Gasteiger partial charge in [-0.2, -0.15) is 0 Å². The molecule has 84 valence electrons. The Morgan fingerprint density at radius 2 is 2.31 bits per heavy atom. The van der Waals surface area contributed by atoms with Gasteiger partial charge in [0.25, 0.3) is 0 Å². The quantitative estimate of drug-likeness (QED) is 0.942. The second-order valence-electron chi connectivity index (χ2n) is 3.43. The Morgan fingerprint density at radius 1 is 1.44 bits per heavy atom. The lowest BCUT2D eigenvalue weighted by molar-refractivity contribution is 0.565. The first-order chi connectivity index (χ1) is 7.75. The molecule has 0 radical (unpaired) electrons. The highest BCUT2D eigenvalue weighted by atomic mass is 79.9. The molecule has 0 aliphatic carbocycles. The van der Waals surface area contributed by atoms with Crippen molar-refractivity contribution in [1.82, 2.24) is 15.3 Å². The van der Waals surface area contributed by atoms with Crippen molar-refractivity contribution < 1.29 is 0 Å². The molecule has 1 unspecified atom stereocenters. The minimum absolute atomic E-state index is 0.248. The Hall–Kier alpha value is -0.780. The van der Waals surface area contributed by atoms with Gasteiger partial charge in [0.2, 0.25) is 0 Å². The molecule has 0 amide bonds. The Morgan fingerprint density at radius 3 is 2.94 bits per heavy atom. The van der Waals surface area contributed by atoms with Crippen LogP contribution in [0.3, 0.4) is 0 Å². The second-order valence-corrected chi connectivity index (χ2v) is 5.87. The molecule has 0 aliphatic rings. The molecule has 0 bridgehead atoms. The molecule has 16 heavy (non-hydrogen) atoms. The average Bonchev–Trinajstić information content (AvgIpc) is 2.74. The molecule has 2 aromatic heterocycles. The summed E-state index contributed by atoms with van der Waals surface area (Å²) < 4.78 is 1.06. The third kappa shape index (κ3) is 3.10. The molecule has 0 saturated carbocycles. The maximum absolute atomic E-state index is 4.32. The van der Waals surface area contributed by atoms with Crippen molar-refractivity contribution in [3.63, 3.8) is 0 Å². The standard InChI is InChI=1S/C11H12BrN3S/c1-8(11-15-7-10(12)16-11)14-6-9-4-2-3-5-13-9/h2-5,7-8,14H,6H2,1H3. The molecular weight excluding hydrogens is 286 g/mol. The molecule has 2 aromatic rings. The lowest BCUT2D eigenvalue weighted by atomic mass is 10.3. The summed E-state index contributed by atoms with van der Waals surface area (Å²) in [7, 11) is 0. The van der Waals surface area contributed by atoms with E-state index in [1.165, 1.54) is 0 Å². The minimum atomic E-state index is 0.248. The van der Waals surface area contributed by atoms with Gasteiger partial charge in [0, 0.05) is 12.7 Å². The van der Waals surface area contributed by atoms with Gasteiger partial charge in [-0.3, -0.25) is 4.98 Å². The van der Waals surface area contributed by atoms with Crippen molar-refractivity contribution >= 4 is 27.3 Å².